The minimum Gasteiger partial charge on any atom is -0.395 e. The molecule has 0 aliphatic rings. The highest BCUT2D eigenvalue weighted by molar-refractivity contribution is 7.86. The van der Waals surface area contributed by atoms with E-state index in [1.807, 2.05) is 6.92 Å². The molecule has 0 saturated carbocycles. The van der Waals surface area contributed by atoms with Crippen LogP contribution < -0.4 is 0 Å². The van der Waals surface area contributed by atoms with Crippen molar-refractivity contribution < 1.29 is 28.3 Å². The topological polar surface area (TPSA) is 118 Å². The molecule has 0 amide bonds. The molecular weight excluding hydrogens is 250 g/mol. The minimum atomic E-state index is -4.45. The molecule has 0 aliphatic heterocycles. The third-order valence-corrected chi connectivity index (χ3v) is 3.52. The van der Waals surface area contributed by atoms with Crippen LogP contribution in [0.25, 0.3) is 0 Å². The monoisotopic (exact) mass is 271 g/mol. The first kappa shape index (κ1) is 16.8. The molecule has 0 aromatic heterocycles. The summed E-state index contributed by atoms with van der Waals surface area (Å²) in [5.74, 6) is 0. The zero-order valence-corrected chi connectivity index (χ0v) is 10.7. The molecule has 2 atom stereocenters. The lowest BCUT2D eigenvalue weighted by atomic mass is 10.2. The quantitative estimate of drug-likeness (QED) is 0.383. The van der Waals surface area contributed by atoms with Gasteiger partial charge in [-0.05, 0) is 6.42 Å². The number of hydrogen-bond donors (Lipinski definition) is 4. The fourth-order valence-corrected chi connectivity index (χ4v) is 1.94. The molecule has 0 radical (unpaired) electrons. The maximum Gasteiger partial charge on any atom is 0.292 e. The number of nitrogens with zero attached hydrogens (tertiary/aromatic N) is 1. The van der Waals surface area contributed by atoms with Gasteiger partial charge < -0.3 is 15.3 Å². The van der Waals surface area contributed by atoms with Crippen molar-refractivity contribution >= 4 is 10.1 Å². The normalized spacial score (nSPS) is 16.1. The van der Waals surface area contributed by atoms with Crippen LogP contribution in [0, 0.1) is 0 Å². The lowest BCUT2D eigenvalue weighted by molar-refractivity contribution is 0.0877. The van der Waals surface area contributed by atoms with E-state index in [0.29, 0.717) is 6.42 Å². The minimum absolute atomic E-state index is 0.113. The van der Waals surface area contributed by atoms with Crippen molar-refractivity contribution in [2.24, 2.45) is 0 Å². The van der Waals surface area contributed by atoms with Gasteiger partial charge in [0.1, 0.15) is 0 Å². The average Bonchev–Trinajstić information content (AvgIpc) is 2.25. The molecule has 104 valence electrons. The third-order valence-electron chi connectivity index (χ3n) is 2.59. The predicted octanol–water partition coefficient (Wildman–Crippen LogP) is -1.35. The van der Waals surface area contributed by atoms with Crippen LogP contribution in [0.15, 0.2) is 0 Å². The first-order chi connectivity index (χ1) is 7.86. The second-order valence-electron chi connectivity index (χ2n) is 3.76. The lowest BCUT2D eigenvalue weighted by Gasteiger charge is -2.29. The van der Waals surface area contributed by atoms with Crippen molar-refractivity contribution in [3.05, 3.63) is 0 Å². The summed E-state index contributed by atoms with van der Waals surface area (Å²) >= 11 is 0. The Labute approximate surface area is 101 Å². The molecule has 0 aromatic carbocycles. The molecule has 0 aromatic rings. The van der Waals surface area contributed by atoms with Gasteiger partial charge in [-0.3, -0.25) is 9.45 Å². The maximum atomic E-state index is 10.6. The van der Waals surface area contributed by atoms with E-state index in [0.717, 1.165) is 0 Å². The van der Waals surface area contributed by atoms with Crippen molar-refractivity contribution in [2.45, 2.75) is 31.2 Å². The van der Waals surface area contributed by atoms with Crippen LogP contribution in [0.5, 0.6) is 0 Å². The molecule has 0 rings (SSSR count). The van der Waals surface area contributed by atoms with E-state index in [1.54, 1.807) is 4.90 Å². The fraction of sp³-hybridized carbons (Fsp3) is 1.00. The zero-order valence-electron chi connectivity index (χ0n) is 9.86. The Morgan fingerprint density at radius 3 is 2.18 bits per heavy atom. The Balaban J connectivity index is 4.36. The SMILES string of the molecule is CCC(CO)N(CCO)CCC(O)S(=O)(=O)O. The molecule has 0 saturated heterocycles. The van der Waals surface area contributed by atoms with Gasteiger partial charge in [0, 0.05) is 25.6 Å². The van der Waals surface area contributed by atoms with Crippen LogP contribution in [0.3, 0.4) is 0 Å². The second-order valence-corrected chi connectivity index (χ2v) is 5.34. The van der Waals surface area contributed by atoms with E-state index >= 15 is 0 Å². The van der Waals surface area contributed by atoms with Gasteiger partial charge in [-0.25, -0.2) is 0 Å². The van der Waals surface area contributed by atoms with Crippen LogP contribution in [0.2, 0.25) is 0 Å². The van der Waals surface area contributed by atoms with Crippen molar-refractivity contribution in [2.75, 3.05) is 26.3 Å². The lowest BCUT2D eigenvalue weighted by Crippen LogP contribution is -2.41. The Kier molecular flexibility index (Phi) is 7.84. The number of aliphatic hydroxyl groups excluding tert-OH is 3. The van der Waals surface area contributed by atoms with Gasteiger partial charge in [0.05, 0.1) is 13.2 Å². The van der Waals surface area contributed by atoms with E-state index in [4.69, 9.17) is 19.9 Å². The second kappa shape index (κ2) is 7.96. The van der Waals surface area contributed by atoms with Gasteiger partial charge in [-0.1, -0.05) is 6.92 Å². The summed E-state index contributed by atoms with van der Waals surface area (Å²) in [7, 11) is -4.45. The van der Waals surface area contributed by atoms with E-state index in [-0.39, 0.29) is 38.8 Å². The summed E-state index contributed by atoms with van der Waals surface area (Å²) in [6, 6.07) is -0.198. The Hall–Kier alpha value is -0.250. The predicted molar refractivity (Wildman–Crippen MR) is 62.0 cm³/mol. The van der Waals surface area contributed by atoms with Gasteiger partial charge >= 0.3 is 0 Å². The maximum absolute atomic E-state index is 10.6. The summed E-state index contributed by atoms with van der Waals surface area (Å²) in [6.45, 7) is 2.05. The standard InChI is InChI=1S/C9H21NO6S/c1-2-8(7-12)10(5-6-11)4-3-9(13)17(14,15)16/h8-9,11-13H,2-7H2,1H3,(H,14,15,16). The summed E-state index contributed by atoms with van der Waals surface area (Å²) in [5, 5.41) is 27.1. The highest BCUT2D eigenvalue weighted by atomic mass is 32.2. The van der Waals surface area contributed by atoms with Gasteiger partial charge in [0.2, 0.25) is 0 Å². The van der Waals surface area contributed by atoms with Gasteiger partial charge in [-0.15, -0.1) is 0 Å². The van der Waals surface area contributed by atoms with Gasteiger partial charge in [0.25, 0.3) is 10.1 Å². The van der Waals surface area contributed by atoms with Crippen molar-refractivity contribution in [1.82, 2.24) is 4.90 Å². The molecule has 0 aliphatic carbocycles. The first-order valence-corrected chi connectivity index (χ1v) is 6.97. The van der Waals surface area contributed by atoms with Crippen LogP contribution in [-0.4, -0.2) is 71.0 Å². The first-order valence-electron chi connectivity index (χ1n) is 5.46. The fourth-order valence-electron chi connectivity index (χ4n) is 1.53. The molecule has 0 heterocycles. The van der Waals surface area contributed by atoms with Crippen molar-refractivity contribution in [3.8, 4) is 0 Å². The Bertz CT molecular complexity index is 290. The third kappa shape index (κ3) is 6.29. The van der Waals surface area contributed by atoms with E-state index in [1.165, 1.54) is 0 Å². The molecule has 7 nitrogen and oxygen atoms in total. The molecular formula is C9H21NO6S. The molecule has 4 N–H and O–H groups in total. The van der Waals surface area contributed by atoms with Crippen LogP contribution in [0.1, 0.15) is 19.8 Å². The highest BCUT2D eigenvalue weighted by Crippen LogP contribution is 2.08. The number of aliphatic hydroxyl groups is 3. The van der Waals surface area contributed by atoms with Crippen LogP contribution >= 0.6 is 0 Å². The largest absolute Gasteiger partial charge is 0.395 e. The molecule has 0 bridgehead atoms. The number of hydrogen-bond acceptors (Lipinski definition) is 6. The zero-order chi connectivity index (χ0) is 13.5. The summed E-state index contributed by atoms with van der Waals surface area (Å²) in [5.41, 5.74) is -1.83. The van der Waals surface area contributed by atoms with Crippen molar-refractivity contribution in [1.29, 1.82) is 0 Å². The van der Waals surface area contributed by atoms with Gasteiger partial charge in [-0.2, -0.15) is 8.42 Å². The van der Waals surface area contributed by atoms with E-state index < -0.39 is 15.6 Å². The van der Waals surface area contributed by atoms with Crippen LogP contribution in [0.4, 0.5) is 0 Å². The summed E-state index contributed by atoms with van der Waals surface area (Å²) in [6.07, 6.45) is 0.466. The summed E-state index contributed by atoms with van der Waals surface area (Å²) < 4.78 is 29.8. The number of rotatable bonds is 9. The molecule has 0 spiro atoms. The molecule has 0 fully saturated rings. The molecule has 8 heteroatoms. The van der Waals surface area contributed by atoms with Gasteiger partial charge in [0.15, 0.2) is 5.44 Å². The Morgan fingerprint density at radius 2 is 1.82 bits per heavy atom. The average molecular weight is 271 g/mol. The Morgan fingerprint density at radius 1 is 1.24 bits per heavy atom. The summed E-state index contributed by atoms with van der Waals surface area (Å²) in [4.78, 5) is 1.68. The highest BCUT2D eigenvalue weighted by Gasteiger charge is 2.22. The molecule has 17 heavy (non-hydrogen) atoms. The van der Waals surface area contributed by atoms with Crippen LogP contribution in [-0.2, 0) is 10.1 Å². The smallest absolute Gasteiger partial charge is 0.292 e. The van der Waals surface area contributed by atoms with Crippen molar-refractivity contribution in [3.63, 3.8) is 0 Å². The van der Waals surface area contributed by atoms with E-state index in [2.05, 4.69) is 0 Å². The van der Waals surface area contributed by atoms with E-state index in [9.17, 15) is 8.42 Å². The molecule has 2 unspecified atom stereocenters.